The normalized spacial score (nSPS) is 27.6. The third kappa shape index (κ3) is 5.19. The molecular weight excluding hydrogens is 356 g/mol. The molecule has 0 bridgehead atoms. The Hall–Kier alpha value is -1.76. The van der Waals surface area contributed by atoms with Gasteiger partial charge in [-0.2, -0.15) is 0 Å². The molecule has 0 spiro atoms. The molecule has 1 fully saturated rings. The van der Waals surface area contributed by atoms with Gasteiger partial charge in [-0.3, -0.25) is 0 Å². The zero-order valence-corrected chi connectivity index (χ0v) is 16.6. The lowest BCUT2D eigenvalue weighted by molar-refractivity contribution is -0.303. The number of benzene rings is 2. The SMILES string of the molecule is CC[C@@H]1[C@@H](OCc2ccccc2)[C@@H](OCc2ccccc2)[C@@H](OC)O[C@@H]1CO. The van der Waals surface area contributed by atoms with Gasteiger partial charge in [0.05, 0.1) is 32.0 Å². The molecule has 0 amide bonds. The van der Waals surface area contributed by atoms with Crippen molar-refractivity contribution in [2.24, 2.45) is 5.92 Å². The topological polar surface area (TPSA) is 57.2 Å². The van der Waals surface area contributed by atoms with E-state index in [0.29, 0.717) is 13.2 Å². The summed E-state index contributed by atoms with van der Waals surface area (Å²) < 4.78 is 24.1. The largest absolute Gasteiger partial charge is 0.394 e. The zero-order valence-electron chi connectivity index (χ0n) is 16.6. The summed E-state index contributed by atoms with van der Waals surface area (Å²) in [5, 5.41) is 9.83. The van der Waals surface area contributed by atoms with Gasteiger partial charge in [-0.05, 0) is 17.5 Å². The number of aliphatic hydroxyl groups is 1. The molecule has 28 heavy (non-hydrogen) atoms. The van der Waals surface area contributed by atoms with Crippen molar-refractivity contribution in [2.75, 3.05) is 13.7 Å². The van der Waals surface area contributed by atoms with Gasteiger partial charge in [0.15, 0.2) is 6.29 Å². The van der Waals surface area contributed by atoms with E-state index in [9.17, 15) is 5.11 Å². The third-order valence-corrected chi connectivity index (χ3v) is 5.25. The Morgan fingerprint density at radius 3 is 1.86 bits per heavy atom. The van der Waals surface area contributed by atoms with Crippen LogP contribution < -0.4 is 0 Å². The van der Waals surface area contributed by atoms with Crippen LogP contribution in [0.5, 0.6) is 0 Å². The zero-order chi connectivity index (χ0) is 19.8. The van der Waals surface area contributed by atoms with Crippen molar-refractivity contribution in [3.8, 4) is 0 Å². The average Bonchev–Trinajstić information content (AvgIpc) is 2.76. The van der Waals surface area contributed by atoms with E-state index >= 15 is 0 Å². The molecule has 0 unspecified atom stereocenters. The molecule has 3 rings (SSSR count). The maximum absolute atomic E-state index is 9.83. The van der Waals surface area contributed by atoms with Crippen molar-refractivity contribution < 1.29 is 24.1 Å². The lowest BCUT2D eigenvalue weighted by atomic mass is 9.86. The van der Waals surface area contributed by atoms with E-state index < -0.39 is 6.29 Å². The second-order valence-electron chi connectivity index (χ2n) is 7.06. The first-order valence-electron chi connectivity index (χ1n) is 9.87. The molecule has 1 aliphatic rings. The second-order valence-corrected chi connectivity index (χ2v) is 7.06. The summed E-state index contributed by atoms with van der Waals surface area (Å²) >= 11 is 0. The molecule has 1 heterocycles. The van der Waals surface area contributed by atoms with E-state index in [0.717, 1.165) is 17.5 Å². The number of ether oxygens (including phenoxy) is 4. The fourth-order valence-electron chi connectivity index (χ4n) is 3.75. The first-order chi connectivity index (χ1) is 13.8. The molecule has 1 aliphatic heterocycles. The van der Waals surface area contributed by atoms with Gasteiger partial charge in [-0.15, -0.1) is 0 Å². The highest BCUT2D eigenvalue weighted by atomic mass is 16.7. The number of hydrogen-bond acceptors (Lipinski definition) is 5. The van der Waals surface area contributed by atoms with Crippen LogP contribution >= 0.6 is 0 Å². The lowest BCUT2D eigenvalue weighted by Crippen LogP contribution is -2.57. The molecule has 1 saturated heterocycles. The van der Waals surface area contributed by atoms with Crippen LogP contribution in [0.25, 0.3) is 0 Å². The molecule has 5 heteroatoms. The Morgan fingerprint density at radius 2 is 1.39 bits per heavy atom. The molecule has 0 saturated carbocycles. The predicted molar refractivity (Wildman–Crippen MR) is 107 cm³/mol. The smallest absolute Gasteiger partial charge is 0.186 e. The van der Waals surface area contributed by atoms with Crippen molar-refractivity contribution in [3.63, 3.8) is 0 Å². The van der Waals surface area contributed by atoms with Crippen molar-refractivity contribution in [1.82, 2.24) is 0 Å². The van der Waals surface area contributed by atoms with Crippen LogP contribution in [0, 0.1) is 5.92 Å². The number of methoxy groups -OCH3 is 1. The van der Waals surface area contributed by atoms with Gasteiger partial charge in [-0.25, -0.2) is 0 Å². The highest BCUT2D eigenvalue weighted by Crippen LogP contribution is 2.33. The molecule has 152 valence electrons. The Bertz CT molecular complexity index is 678. The summed E-state index contributed by atoms with van der Waals surface area (Å²) in [5.41, 5.74) is 2.18. The molecular formula is C23H30O5. The Labute approximate surface area is 167 Å². The summed E-state index contributed by atoms with van der Waals surface area (Å²) in [4.78, 5) is 0. The molecule has 0 aromatic heterocycles. The molecule has 1 N–H and O–H groups in total. The van der Waals surface area contributed by atoms with E-state index in [2.05, 4.69) is 6.92 Å². The van der Waals surface area contributed by atoms with Crippen molar-refractivity contribution in [3.05, 3.63) is 71.8 Å². The summed E-state index contributed by atoms with van der Waals surface area (Å²) in [6.07, 6.45) is -0.755. The Kier molecular flexibility index (Phi) is 8.01. The van der Waals surface area contributed by atoms with Gasteiger partial charge < -0.3 is 24.1 Å². The fraction of sp³-hybridized carbons (Fsp3) is 0.478. The minimum Gasteiger partial charge on any atom is -0.394 e. The van der Waals surface area contributed by atoms with Crippen LogP contribution in [0.4, 0.5) is 0 Å². The summed E-state index contributed by atoms with van der Waals surface area (Å²) in [6, 6.07) is 20.1. The number of hydrogen-bond donors (Lipinski definition) is 1. The average molecular weight is 386 g/mol. The summed E-state index contributed by atoms with van der Waals surface area (Å²) in [6.45, 7) is 2.92. The maximum atomic E-state index is 9.83. The molecule has 5 nitrogen and oxygen atoms in total. The maximum Gasteiger partial charge on any atom is 0.186 e. The van der Waals surface area contributed by atoms with Gasteiger partial charge in [0, 0.05) is 13.0 Å². The predicted octanol–water partition coefficient (Wildman–Crippen LogP) is 3.55. The molecule has 0 aliphatic carbocycles. The van der Waals surface area contributed by atoms with Gasteiger partial charge in [0.1, 0.15) is 6.10 Å². The molecule has 0 radical (unpaired) electrons. The highest BCUT2D eigenvalue weighted by Gasteiger charge is 2.46. The van der Waals surface area contributed by atoms with Crippen LogP contribution in [0.1, 0.15) is 24.5 Å². The van der Waals surface area contributed by atoms with Gasteiger partial charge in [-0.1, -0.05) is 67.6 Å². The summed E-state index contributed by atoms with van der Waals surface area (Å²) in [5.74, 6) is 0.0147. The first kappa shape index (κ1) is 21.0. The minimum absolute atomic E-state index is 0.0147. The van der Waals surface area contributed by atoms with Crippen LogP contribution in [0.2, 0.25) is 0 Å². The van der Waals surface area contributed by atoms with Crippen LogP contribution in [-0.4, -0.2) is 43.4 Å². The number of aliphatic hydroxyl groups excluding tert-OH is 1. The Morgan fingerprint density at radius 1 is 0.857 bits per heavy atom. The van der Waals surface area contributed by atoms with E-state index in [1.165, 1.54) is 0 Å². The molecule has 2 aromatic carbocycles. The van der Waals surface area contributed by atoms with Crippen LogP contribution in [0.15, 0.2) is 60.7 Å². The standard InChI is InChI=1S/C23H30O5/c1-3-19-20(14-24)28-23(25-2)22(27-16-18-12-8-5-9-13-18)21(19)26-15-17-10-6-4-7-11-17/h4-13,19-24H,3,14-16H2,1-2H3/t19-,20+,21+,22+,23-/m0/s1. The lowest BCUT2D eigenvalue weighted by Gasteiger charge is -2.45. The van der Waals surface area contributed by atoms with Crippen molar-refractivity contribution in [2.45, 2.75) is 51.2 Å². The fourth-order valence-corrected chi connectivity index (χ4v) is 3.75. The molecule has 5 atom stereocenters. The highest BCUT2D eigenvalue weighted by molar-refractivity contribution is 5.14. The molecule has 2 aromatic rings. The number of rotatable bonds is 9. The van der Waals surface area contributed by atoms with Crippen LogP contribution in [0.3, 0.4) is 0 Å². The third-order valence-electron chi connectivity index (χ3n) is 5.25. The first-order valence-corrected chi connectivity index (χ1v) is 9.87. The monoisotopic (exact) mass is 386 g/mol. The Balaban J connectivity index is 1.77. The minimum atomic E-state index is -0.593. The van der Waals surface area contributed by atoms with E-state index in [-0.39, 0.29) is 30.8 Å². The van der Waals surface area contributed by atoms with Gasteiger partial charge in [0.2, 0.25) is 0 Å². The van der Waals surface area contributed by atoms with E-state index in [1.807, 2.05) is 60.7 Å². The quantitative estimate of drug-likeness (QED) is 0.714. The van der Waals surface area contributed by atoms with Gasteiger partial charge >= 0.3 is 0 Å². The summed E-state index contributed by atoms with van der Waals surface area (Å²) in [7, 11) is 1.60. The second kappa shape index (κ2) is 10.7. The van der Waals surface area contributed by atoms with E-state index in [4.69, 9.17) is 18.9 Å². The van der Waals surface area contributed by atoms with Crippen molar-refractivity contribution >= 4 is 0 Å². The van der Waals surface area contributed by atoms with Crippen molar-refractivity contribution in [1.29, 1.82) is 0 Å². The van der Waals surface area contributed by atoms with E-state index in [1.54, 1.807) is 7.11 Å². The van der Waals surface area contributed by atoms with Gasteiger partial charge in [0.25, 0.3) is 0 Å². The van der Waals surface area contributed by atoms with Crippen LogP contribution in [-0.2, 0) is 32.2 Å².